The molecule has 0 saturated carbocycles. The SMILES string of the molecule is CC(C)=CCC/C(C)=C/COc1c(O)c2ccc(O[C@@H]3O[C@H](CO)[C@@H](O)[C@H](O)[C@H]3O)cc2oc1=O. The van der Waals surface area contributed by atoms with Crippen LogP contribution in [-0.2, 0) is 4.74 Å². The summed E-state index contributed by atoms with van der Waals surface area (Å²) in [4.78, 5) is 12.4. The second-order valence-electron chi connectivity index (χ2n) is 8.72. The highest BCUT2D eigenvalue weighted by atomic mass is 16.7. The first-order valence-electron chi connectivity index (χ1n) is 11.3. The van der Waals surface area contributed by atoms with Gasteiger partial charge in [0.25, 0.3) is 0 Å². The third kappa shape index (κ3) is 6.41. The van der Waals surface area contributed by atoms with Crippen LogP contribution in [0.4, 0.5) is 0 Å². The van der Waals surface area contributed by atoms with Crippen LogP contribution in [0.15, 0.2) is 50.7 Å². The molecule has 5 N–H and O–H groups in total. The van der Waals surface area contributed by atoms with Crippen LogP contribution in [-0.4, -0.2) is 69.5 Å². The largest absolute Gasteiger partial charge is 0.504 e. The number of aromatic hydroxyl groups is 1. The van der Waals surface area contributed by atoms with E-state index in [9.17, 15) is 30.3 Å². The van der Waals surface area contributed by atoms with Crippen LogP contribution >= 0.6 is 0 Å². The first-order valence-corrected chi connectivity index (χ1v) is 11.3. The Morgan fingerprint density at radius 1 is 1.09 bits per heavy atom. The van der Waals surface area contributed by atoms with Crippen molar-refractivity contribution in [3.05, 3.63) is 51.9 Å². The molecule has 1 aromatic carbocycles. The zero-order chi connectivity index (χ0) is 25.7. The number of aliphatic hydroxyl groups is 4. The smallest absolute Gasteiger partial charge is 0.383 e. The van der Waals surface area contributed by atoms with E-state index in [0.717, 1.165) is 18.4 Å². The van der Waals surface area contributed by atoms with Crippen molar-refractivity contribution in [1.29, 1.82) is 0 Å². The van der Waals surface area contributed by atoms with Gasteiger partial charge in [-0.25, -0.2) is 4.79 Å². The summed E-state index contributed by atoms with van der Waals surface area (Å²) < 4.78 is 21.6. The van der Waals surface area contributed by atoms with E-state index < -0.39 is 42.9 Å². The molecular formula is C25H32O10. The van der Waals surface area contributed by atoms with Gasteiger partial charge in [-0.2, -0.15) is 0 Å². The van der Waals surface area contributed by atoms with Gasteiger partial charge in [0.2, 0.25) is 12.0 Å². The zero-order valence-electron chi connectivity index (χ0n) is 19.9. The quantitative estimate of drug-likeness (QED) is 0.258. The monoisotopic (exact) mass is 492 g/mol. The van der Waals surface area contributed by atoms with Crippen LogP contribution in [0.25, 0.3) is 11.0 Å². The zero-order valence-corrected chi connectivity index (χ0v) is 19.9. The van der Waals surface area contributed by atoms with E-state index >= 15 is 0 Å². The average Bonchev–Trinajstić information content (AvgIpc) is 2.81. The molecule has 192 valence electrons. The highest BCUT2D eigenvalue weighted by molar-refractivity contribution is 5.86. The van der Waals surface area contributed by atoms with Crippen LogP contribution in [0.3, 0.4) is 0 Å². The van der Waals surface area contributed by atoms with E-state index in [4.69, 9.17) is 18.6 Å². The molecule has 0 radical (unpaired) electrons. The van der Waals surface area contributed by atoms with Crippen molar-refractivity contribution in [3.8, 4) is 17.2 Å². The van der Waals surface area contributed by atoms with Gasteiger partial charge in [0.15, 0.2) is 5.75 Å². The molecule has 0 aliphatic carbocycles. The molecule has 35 heavy (non-hydrogen) atoms. The van der Waals surface area contributed by atoms with Crippen LogP contribution in [0.5, 0.6) is 17.2 Å². The lowest BCUT2D eigenvalue weighted by molar-refractivity contribution is -0.277. The van der Waals surface area contributed by atoms with Crippen molar-refractivity contribution < 1.29 is 44.2 Å². The van der Waals surface area contributed by atoms with Gasteiger partial charge in [-0.15, -0.1) is 0 Å². The number of aliphatic hydroxyl groups excluding tert-OH is 4. The molecule has 1 fully saturated rings. The fraction of sp³-hybridized carbons (Fsp3) is 0.480. The Morgan fingerprint density at radius 2 is 1.83 bits per heavy atom. The first kappa shape index (κ1) is 26.7. The van der Waals surface area contributed by atoms with E-state index in [1.54, 1.807) is 0 Å². The summed E-state index contributed by atoms with van der Waals surface area (Å²) in [5.74, 6) is -0.604. The van der Waals surface area contributed by atoms with Gasteiger partial charge in [-0.1, -0.05) is 17.2 Å². The molecule has 2 heterocycles. The molecule has 5 atom stereocenters. The summed E-state index contributed by atoms with van der Waals surface area (Å²) in [6.07, 6.45) is -1.53. The third-order valence-corrected chi connectivity index (χ3v) is 5.66. The Balaban J connectivity index is 1.73. The maximum absolute atomic E-state index is 12.4. The summed E-state index contributed by atoms with van der Waals surface area (Å²) in [7, 11) is 0. The predicted octanol–water partition coefficient (Wildman–Crippen LogP) is 1.75. The molecule has 0 unspecified atom stereocenters. The van der Waals surface area contributed by atoms with Gasteiger partial charge in [0.1, 0.15) is 42.4 Å². The number of fused-ring (bicyclic) bond motifs is 1. The van der Waals surface area contributed by atoms with Crippen molar-refractivity contribution >= 4 is 11.0 Å². The minimum Gasteiger partial charge on any atom is -0.504 e. The number of allylic oxidation sites excluding steroid dienone is 3. The Bertz CT molecular complexity index is 1130. The molecule has 1 aliphatic heterocycles. The van der Waals surface area contributed by atoms with E-state index in [1.807, 2.05) is 26.8 Å². The first-order chi connectivity index (χ1) is 16.6. The topological polar surface area (TPSA) is 159 Å². The second kappa shape index (κ2) is 11.7. The lowest BCUT2D eigenvalue weighted by atomic mass is 9.99. The molecule has 10 nitrogen and oxygen atoms in total. The summed E-state index contributed by atoms with van der Waals surface area (Å²) in [5.41, 5.74) is 1.45. The maximum atomic E-state index is 12.4. The predicted molar refractivity (Wildman–Crippen MR) is 126 cm³/mol. The van der Waals surface area contributed by atoms with E-state index in [0.29, 0.717) is 0 Å². The Kier molecular flexibility index (Phi) is 8.92. The van der Waals surface area contributed by atoms with E-state index in [1.165, 1.54) is 23.8 Å². The molecular weight excluding hydrogens is 460 g/mol. The average molecular weight is 493 g/mol. The molecule has 1 saturated heterocycles. The van der Waals surface area contributed by atoms with Gasteiger partial charge in [-0.3, -0.25) is 0 Å². The molecule has 0 bridgehead atoms. The van der Waals surface area contributed by atoms with Crippen LogP contribution in [0.1, 0.15) is 33.6 Å². The standard InChI is InChI=1S/C25H32O10/c1-13(2)5-4-6-14(3)9-10-32-23-19(27)16-8-7-15(11-17(16)34-24(23)31)33-25-22(30)21(29)20(28)18(12-26)35-25/h5,7-9,11,18,20-22,25-30H,4,6,10,12H2,1-3H3/b14-9+/t18-,20-,21+,22-,25-/m1/s1. The third-order valence-electron chi connectivity index (χ3n) is 5.66. The highest BCUT2D eigenvalue weighted by Crippen LogP contribution is 2.34. The molecule has 10 heteroatoms. The minimum atomic E-state index is -1.60. The van der Waals surface area contributed by atoms with Crippen molar-refractivity contribution in [2.75, 3.05) is 13.2 Å². The summed E-state index contributed by atoms with van der Waals surface area (Å²) in [5, 5.41) is 50.0. The molecule has 0 amide bonds. The summed E-state index contributed by atoms with van der Waals surface area (Å²) in [6, 6.07) is 4.16. The number of hydrogen-bond acceptors (Lipinski definition) is 10. The molecule has 3 rings (SSSR count). The highest BCUT2D eigenvalue weighted by Gasteiger charge is 2.44. The maximum Gasteiger partial charge on any atom is 0.383 e. The number of rotatable bonds is 9. The fourth-order valence-corrected chi connectivity index (χ4v) is 3.61. The normalized spacial score (nSPS) is 24.9. The molecule has 1 aromatic heterocycles. The van der Waals surface area contributed by atoms with E-state index in [-0.39, 0.29) is 34.8 Å². The van der Waals surface area contributed by atoms with Gasteiger partial charge in [0.05, 0.1) is 12.0 Å². The van der Waals surface area contributed by atoms with Crippen molar-refractivity contribution in [3.63, 3.8) is 0 Å². The molecule has 1 aliphatic rings. The van der Waals surface area contributed by atoms with Crippen LogP contribution in [0, 0.1) is 0 Å². The summed E-state index contributed by atoms with van der Waals surface area (Å²) >= 11 is 0. The molecule has 0 spiro atoms. The van der Waals surface area contributed by atoms with Gasteiger partial charge < -0.3 is 44.2 Å². The van der Waals surface area contributed by atoms with Crippen LogP contribution < -0.4 is 15.1 Å². The van der Waals surface area contributed by atoms with Gasteiger partial charge >= 0.3 is 5.63 Å². The van der Waals surface area contributed by atoms with E-state index in [2.05, 4.69) is 6.08 Å². The number of ether oxygens (including phenoxy) is 3. The van der Waals surface area contributed by atoms with Crippen LogP contribution in [0.2, 0.25) is 0 Å². The lowest BCUT2D eigenvalue weighted by Crippen LogP contribution is -2.60. The van der Waals surface area contributed by atoms with Crippen molar-refractivity contribution in [2.24, 2.45) is 0 Å². The number of benzene rings is 1. The summed E-state index contributed by atoms with van der Waals surface area (Å²) in [6.45, 7) is 5.52. The lowest BCUT2D eigenvalue weighted by Gasteiger charge is -2.39. The van der Waals surface area contributed by atoms with Crippen molar-refractivity contribution in [2.45, 2.75) is 64.3 Å². The molecule has 2 aromatic rings. The number of hydrogen-bond donors (Lipinski definition) is 5. The minimum absolute atomic E-state index is 0.00427. The Morgan fingerprint density at radius 3 is 2.51 bits per heavy atom. The van der Waals surface area contributed by atoms with Gasteiger partial charge in [-0.05, 0) is 51.8 Å². The van der Waals surface area contributed by atoms with Gasteiger partial charge in [0, 0.05) is 6.07 Å². The Labute approximate surface area is 202 Å². The Hall–Kier alpha value is -2.89. The van der Waals surface area contributed by atoms with Crippen molar-refractivity contribution in [1.82, 2.24) is 0 Å². The fourth-order valence-electron chi connectivity index (χ4n) is 3.61. The second-order valence-corrected chi connectivity index (χ2v) is 8.72.